The monoisotopic (exact) mass is 466 g/mol. The van der Waals surface area contributed by atoms with Crippen LogP contribution in [0.15, 0.2) is 61.1 Å². The molecule has 7 nitrogen and oxygen atoms in total. The van der Waals surface area contributed by atoms with Crippen molar-refractivity contribution < 1.29 is 18.0 Å². The van der Waals surface area contributed by atoms with Crippen molar-refractivity contribution in [2.45, 2.75) is 25.1 Å². The lowest BCUT2D eigenvalue weighted by molar-refractivity contribution is -0.137. The molecule has 0 aliphatic carbocycles. The number of pyridine rings is 1. The van der Waals surface area contributed by atoms with Crippen molar-refractivity contribution in [2.75, 3.05) is 6.54 Å². The number of alkyl halides is 3. The number of carbonyl (C=O) groups is 1. The molecule has 0 saturated carbocycles. The second-order valence-electron chi connectivity index (χ2n) is 8.24. The molecule has 3 aromatic heterocycles. The Kier molecular flexibility index (Phi) is 5.43. The van der Waals surface area contributed by atoms with Crippen molar-refractivity contribution >= 4 is 5.91 Å². The van der Waals surface area contributed by atoms with Crippen LogP contribution in [0.4, 0.5) is 13.2 Å². The molecule has 34 heavy (non-hydrogen) atoms. The van der Waals surface area contributed by atoms with Crippen LogP contribution in [-0.4, -0.2) is 42.3 Å². The standard InChI is InChI=1S/C24H21F3N6O/c1-32-14-16(12-29-32)19-7-3-8-20(30-19)23(34)33-10-4-9-21(33)22-18(13-28-31-22)15-5-2-6-17(11-15)24(25,26)27/h2-3,5-8,11-14,21H,4,9-10H2,1H3,(H,28,31)/t21-/m0/s1. The number of aromatic amines is 1. The van der Waals surface area contributed by atoms with E-state index in [0.717, 1.165) is 24.1 Å². The molecule has 1 N–H and O–H groups in total. The van der Waals surface area contributed by atoms with Gasteiger partial charge in [-0.3, -0.25) is 14.6 Å². The van der Waals surface area contributed by atoms with Gasteiger partial charge in [0.05, 0.1) is 35.4 Å². The topological polar surface area (TPSA) is 79.7 Å². The first kappa shape index (κ1) is 21.9. The number of aromatic nitrogens is 5. The Balaban J connectivity index is 1.45. The van der Waals surface area contributed by atoms with Crippen LogP contribution in [0.5, 0.6) is 0 Å². The lowest BCUT2D eigenvalue weighted by atomic mass is 9.99. The van der Waals surface area contributed by atoms with E-state index in [4.69, 9.17) is 0 Å². The van der Waals surface area contributed by atoms with Crippen LogP contribution < -0.4 is 0 Å². The summed E-state index contributed by atoms with van der Waals surface area (Å²) in [6.07, 6.45) is 2.00. The first-order valence-electron chi connectivity index (χ1n) is 10.8. The fraction of sp³-hybridized carbons (Fsp3) is 0.250. The van der Waals surface area contributed by atoms with E-state index in [1.54, 1.807) is 41.0 Å². The number of halogens is 3. The molecule has 1 aliphatic heterocycles. The maximum Gasteiger partial charge on any atom is 0.416 e. The van der Waals surface area contributed by atoms with Crippen molar-refractivity contribution in [3.8, 4) is 22.4 Å². The van der Waals surface area contributed by atoms with Crippen molar-refractivity contribution in [3.05, 3.63) is 78.0 Å². The highest BCUT2D eigenvalue weighted by Crippen LogP contribution is 2.39. The molecule has 174 valence electrons. The minimum atomic E-state index is -4.44. The highest BCUT2D eigenvalue weighted by molar-refractivity contribution is 5.93. The molecule has 0 radical (unpaired) electrons. The summed E-state index contributed by atoms with van der Waals surface area (Å²) in [5.41, 5.74) is 2.58. The van der Waals surface area contributed by atoms with Gasteiger partial charge in [0, 0.05) is 30.9 Å². The molecule has 1 aromatic carbocycles. The average molecular weight is 466 g/mol. The van der Waals surface area contributed by atoms with Gasteiger partial charge in [0.1, 0.15) is 5.69 Å². The predicted molar refractivity (Wildman–Crippen MR) is 118 cm³/mol. The maximum absolute atomic E-state index is 13.4. The number of carbonyl (C=O) groups excluding carboxylic acids is 1. The third kappa shape index (κ3) is 4.07. The summed E-state index contributed by atoms with van der Waals surface area (Å²) < 4.78 is 41.4. The molecule has 0 unspecified atom stereocenters. The van der Waals surface area contributed by atoms with E-state index in [0.29, 0.717) is 41.2 Å². The molecule has 4 heterocycles. The van der Waals surface area contributed by atoms with E-state index in [1.165, 1.54) is 12.3 Å². The molecule has 0 spiro atoms. The van der Waals surface area contributed by atoms with Crippen LogP contribution in [0.1, 0.15) is 40.6 Å². The normalized spacial score (nSPS) is 16.2. The third-order valence-electron chi connectivity index (χ3n) is 5.99. The molecule has 10 heteroatoms. The van der Waals surface area contributed by atoms with E-state index in [-0.39, 0.29) is 11.9 Å². The predicted octanol–water partition coefficient (Wildman–Crippen LogP) is 4.87. The molecule has 1 saturated heterocycles. The summed E-state index contributed by atoms with van der Waals surface area (Å²) in [4.78, 5) is 19.7. The summed E-state index contributed by atoms with van der Waals surface area (Å²) in [5.74, 6) is -0.238. The number of rotatable bonds is 4. The highest BCUT2D eigenvalue weighted by Gasteiger charge is 2.35. The molecule has 1 atom stereocenters. The minimum absolute atomic E-state index is 0.238. The average Bonchev–Trinajstić information content (AvgIpc) is 3.58. The van der Waals surface area contributed by atoms with Crippen LogP contribution in [-0.2, 0) is 13.2 Å². The number of benzene rings is 1. The second-order valence-corrected chi connectivity index (χ2v) is 8.24. The number of likely N-dealkylation sites (tertiary alicyclic amines) is 1. The van der Waals surface area contributed by atoms with Gasteiger partial charge in [-0.05, 0) is 42.7 Å². The number of hydrogen-bond donors (Lipinski definition) is 1. The third-order valence-corrected chi connectivity index (χ3v) is 5.99. The molecular formula is C24H21F3N6O. The maximum atomic E-state index is 13.4. The first-order chi connectivity index (χ1) is 16.3. The second kappa shape index (κ2) is 8.44. The van der Waals surface area contributed by atoms with Crippen molar-refractivity contribution in [3.63, 3.8) is 0 Å². The summed E-state index contributed by atoms with van der Waals surface area (Å²) in [6.45, 7) is 0.517. The van der Waals surface area contributed by atoms with Gasteiger partial charge in [-0.2, -0.15) is 23.4 Å². The molecular weight excluding hydrogens is 445 g/mol. The van der Waals surface area contributed by atoms with Crippen LogP contribution in [0.2, 0.25) is 0 Å². The Bertz CT molecular complexity index is 1340. The quantitative estimate of drug-likeness (QED) is 0.466. The fourth-order valence-corrected chi connectivity index (χ4v) is 4.37. The van der Waals surface area contributed by atoms with E-state index in [9.17, 15) is 18.0 Å². The summed E-state index contributed by atoms with van der Waals surface area (Å²) in [7, 11) is 1.81. The molecule has 4 aromatic rings. The van der Waals surface area contributed by atoms with Gasteiger partial charge in [0.25, 0.3) is 5.91 Å². The zero-order chi connectivity index (χ0) is 23.9. The van der Waals surface area contributed by atoms with E-state index in [1.807, 2.05) is 12.3 Å². The smallest absolute Gasteiger partial charge is 0.329 e. The summed E-state index contributed by atoms with van der Waals surface area (Å²) in [5, 5.41) is 11.2. The SMILES string of the molecule is Cn1cc(-c2cccc(C(=O)N3CCC[C@H]3c3[nH]ncc3-c3cccc(C(F)(F)F)c3)n2)cn1. The molecule has 0 bridgehead atoms. The van der Waals surface area contributed by atoms with Crippen molar-refractivity contribution in [1.82, 2.24) is 29.9 Å². The zero-order valence-corrected chi connectivity index (χ0v) is 18.3. The summed E-state index contributed by atoms with van der Waals surface area (Å²) >= 11 is 0. The molecule has 1 fully saturated rings. The Labute approximate surface area is 193 Å². The molecule has 1 aliphatic rings. The number of amides is 1. The van der Waals surface area contributed by atoms with Gasteiger partial charge in [-0.1, -0.05) is 18.2 Å². The van der Waals surface area contributed by atoms with Crippen LogP contribution in [0, 0.1) is 0 Å². The number of nitrogens with zero attached hydrogens (tertiary/aromatic N) is 5. The number of H-pyrrole nitrogens is 1. The fourth-order valence-electron chi connectivity index (χ4n) is 4.37. The van der Waals surface area contributed by atoms with Gasteiger partial charge in [0.15, 0.2) is 0 Å². The lowest BCUT2D eigenvalue weighted by Crippen LogP contribution is -2.31. The van der Waals surface area contributed by atoms with E-state index < -0.39 is 11.7 Å². The minimum Gasteiger partial charge on any atom is -0.329 e. The Morgan fingerprint density at radius 3 is 2.71 bits per heavy atom. The zero-order valence-electron chi connectivity index (χ0n) is 18.3. The van der Waals surface area contributed by atoms with Crippen molar-refractivity contribution in [2.24, 2.45) is 7.05 Å². The van der Waals surface area contributed by atoms with Gasteiger partial charge >= 0.3 is 6.18 Å². The lowest BCUT2D eigenvalue weighted by Gasteiger charge is -2.24. The largest absolute Gasteiger partial charge is 0.416 e. The summed E-state index contributed by atoms with van der Waals surface area (Å²) in [6, 6.07) is 10.0. The van der Waals surface area contributed by atoms with Crippen molar-refractivity contribution in [1.29, 1.82) is 0 Å². The number of hydrogen-bond acceptors (Lipinski definition) is 4. The molecule has 5 rings (SSSR count). The van der Waals surface area contributed by atoms with Gasteiger partial charge < -0.3 is 4.90 Å². The number of nitrogens with one attached hydrogen (secondary N) is 1. The van der Waals surface area contributed by atoms with Gasteiger partial charge in [0.2, 0.25) is 0 Å². The molecule has 1 amide bonds. The van der Waals surface area contributed by atoms with Crippen LogP contribution in [0.25, 0.3) is 22.4 Å². The Morgan fingerprint density at radius 1 is 1.12 bits per heavy atom. The number of aryl methyl sites for hydroxylation is 1. The van der Waals surface area contributed by atoms with E-state index >= 15 is 0 Å². The van der Waals surface area contributed by atoms with Gasteiger partial charge in [-0.25, -0.2) is 4.98 Å². The van der Waals surface area contributed by atoms with Gasteiger partial charge in [-0.15, -0.1) is 0 Å². The Morgan fingerprint density at radius 2 is 1.94 bits per heavy atom. The van der Waals surface area contributed by atoms with Crippen LogP contribution >= 0.6 is 0 Å². The Hall–Kier alpha value is -3.95. The highest BCUT2D eigenvalue weighted by atomic mass is 19.4. The van der Waals surface area contributed by atoms with Crippen LogP contribution in [0.3, 0.4) is 0 Å². The van der Waals surface area contributed by atoms with E-state index in [2.05, 4.69) is 20.3 Å². The first-order valence-corrected chi connectivity index (χ1v) is 10.8.